The van der Waals surface area contributed by atoms with Gasteiger partial charge in [-0.3, -0.25) is 24.2 Å². The molecule has 1 unspecified atom stereocenters. The number of methoxy groups -OCH3 is 1. The summed E-state index contributed by atoms with van der Waals surface area (Å²) < 4.78 is 18.8. The largest absolute Gasteiger partial charge is 0.493 e. The summed E-state index contributed by atoms with van der Waals surface area (Å²) in [6.07, 6.45) is 6.63. The molecule has 14 nitrogen and oxygen atoms in total. The highest BCUT2D eigenvalue weighted by molar-refractivity contribution is 7.99. The fourth-order valence-corrected chi connectivity index (χ4v) is 6.93. The zero-order valence-electron chi connectivity index (χ0n) is 28.8. The van der Waals surface area contributed by atoms with Crippen LogP contribution < -0.4 is 20.1 Å². The van der Waals surface area contributed by atoms with Gasteiger partial charge in [0.25, 0.3) is 11.8 Å². The lowest BCUT2D eigenvalue weighted by Gasteiger charge is -2.25. The highest BCUT2D eigenvalue weighted by atomic mass is 32.2. The summed E-state index contributed by atoms with van der Waals surface area (Å²) in [5.41, 5.74) is 2.68. The van der Waals surface area contributed by atoms with Crippen LogP contribution in [0.5, 0.6) is 11.5 Å². The lowest BCUT2D eigenvalue weighted by molar-refractivity contribution is -0.118. The van der Waals surface area contributed by atoms with E-state index in [1.807, 2.05) is 24.8 Å². The molecule has 0 radical (unpaired) electrons. The van der Waals surface area contributed by atoms with Crippen LogP contribution >= 0.6 is 11.8 Å². The molecule has 6 rings (SSSR count). The standard InChI is InChI=1S/C36H41N7O7S/c1-23-16-29(48-3)30(19-27(23)37-20-26-6-4-10-43(26)22-44)49-13-5-7-33(45)39-32-21-41(2)34(40-32)35(46)38-25-8-9-28-24(17-25)18-31(50-28)36(47)42-11-14-51-15-12-42/h8-9,16-22,26H,4-7,10-15H2,1-3H3,(H,38,46)(H,39,45)/b37-20-. The van der Waals surface area contributed by atoms with Crippen LogP contribution in [0, 0.1) is 6.92 Å². The van der Waals surface area contributed by atoms with Crippen molar-refractivity contribution in [3.05, 3.63) is 59.7 Å². The smallest absolute Gasteiger partial charge is 0.291 e. The summed E-state index contributed by atoms with van der Waals surface area (Å²) in [7, 11) is 3.23. The first-order valence-corrected chi connectivity index (χ1v) is 18.0. The van der Waals surface area contributed by atoms with E-state index in [0.29, 0.717) is 53.4 Å². The number of rotatable bonds is 13. The van der Waals surface area contributed by atoms with Crippen molar-refractivity contribution in [1.82, 2.24) is 19.4 Å². The number of aliphatic imine (C=N–C) groups is 1. The van der Waals surface area contributed by atoms with Gasteiger partial charge in [-0.2, -0.15) is 11.8 Å². The van der Waals surface area contributed by atoms with E-state index in [9.17, 15) is 19.2 Å². The molecule has 4 aromatic rings. The van der Waals surface area contributed by atoms with Crippen LogP contribution in [0.15, 0.2) is 52.0 Å². The number of likely N-dealkylation sites (tertiary alicyclic amines) is 1. The van der Waals surface area contributed by atoms with Crippen molar-refractivity contribution in [2.45, 2.75) is 38.6 Å². The number of carbonyl (C=O) groups is 4. The molecule has 0 aliphatic carbocycles. The second kappa shape index (κ2) is 16.1. The van der Waals surface area contributed by atoms with Crippen molar-refractivity contribution < 1.29 is 33.1 Å². The zero-order valence-corrected chi connectivity index (χ0v) is 29.7. The number of thioether (sulfide) groups is 1. The van der Waals surface area contributed by atoms with E-state index in [4.69, 9.17) is 13.9 Å². The van der Waals surface area contributed by atoms with E-state index >= 15 is 0 Å². The van der Waals surface area contributed by atoms with Gasteiger partial charge in [0.05, 0.1) is 25.4 Å². The Kier molecular flexibility index (Phi) is 11.2. The number of hydrogen-bond donors (Lipinski definition) is 2. The second-order valence-electron chi connectivity index (χ2n) is 12.4. The molecular weight excluding hydrogens is 675 g/mol. The van der Waals surface area contributed by atoms with E-state index in [-0.39, 0.29) is 48.3 Å². The monoisotopic (exact) mass is 715 g/mol. The molecule has 4 heterocycles. The number of aryl methyl sites for hydroxylation is 2. The molecule has 1 atom stereocenters. The number of benzene rings is 2. The third kappa shape index (κ3) is 8.53. The van der Waals surface area contributed by atoms with Gasteiger partial charge in [-0.1, -0.05) is 0 Å². The van der Waals surface area contributed by atoms with Crippen LogP contribution in [0.3, 0.4) is 0 Å². The first kappa shape index (κ1) is 35.5. The third-order valence-corrected chi connectivity index (χ3v) is 9.72. The fourth-order valence-electron chi connectivity index (χ4n) is 6.03. The van der Waals surface area contributed by atoms with Crippen LogP contribution in [0.4, 0.5) is 17.2 Å². The number of ether oxygens (including phenoxy) is 2. The highest BCUT2D eigenvalue weighted by Gasteiger charge is 2.23. The number of nitrogens with one attached hydrogen (secondary N) is 2. The van der Waals surface area contributed by atoms with E-state index < -0.39 is 5.91 Å². The van der Waals surface area contributed by atoms with Gasteiger partial charge in [0.1, 0.15) is 5.58 Å². The lowest BCUT2D eigenvalue weighted by atomic mass is 10.1. The molecule has 15 heteroatoms. The summed E-state index contributed by atoms with van der Waals surface area (Å²) in [4.78, 5) is 62.5. The number of imidazole rings is 1. The average molecular weight is 716 g/mol. The Labute approximate surface area is 299 Å². The number of hydrogen-bond acceptors (Lipinski definition) is 10. The lowest BCUT2D eigenvalue weighted by Crippen LogP contribution is -2.37. The zero-order chi connectivity index (χ0) is 35.9. The Bertz CT molecular complexity index is 1950. The number of carbonyl (C=O) groups excluding carboxylic acids is 4. The van der Waals surface area contributed by atoms with Gasteiger partial charge in [0.2, 0.25) is 18.1 Å². The molecule has 2 aliphatic rings. The van der Waals surface area contributed by atoms with Gasteiger partial charge < -0.3 is 38.9 Å². The van der Waals surface area contributed by atoms with Crippen molar-refractivity contribution in [2.75, 3.05) is 55.5 Å². The number of fused-ring (bicyclic) bond motifs is 1. The second-order valence-corrected chi connectivity index (χ2v) is 13.6. The molecule has 0 spiro atoms. The first-order chi connectivity index (χ1) is 24.7. The number of aromatic nitrogens is 2. The van der Waals surface area contributed by atoms with Crippen LogP contribution in [-0.4, -0.2) is 101 Å². The van der Waals surface area contributed by atoms with Crippen LogP contribution in [0.2, 0.25) is 0 Å². The Morgan fingerprint density at radius 3 is 2.71 bits per heavy atom. The van der Waals surface area contributed by atoms with E-state index in [0.717, 1.165) is 42.9 Å². The number of anilines is 2. The predicted molar refractivity (Wildman–Crippen MR) is 196 cm³/mol. The SMILES string of the molecule is COc1cc(C)c(/N=C\C2CCCN2C=O)cc1OCCCC(=O)Nc1cn(C)c(C(=O)Nc2ccc3oc(C(=O)N4CCSCC4)cc3c2)n1. The molecule has 0 bridgehead atoms. The number of furan rings is 1. The maximum absolute atomic E-state index is 13.1. The first-order valence-electron chi connectivity index (χ1n) is 16.8. The minimum Gasteiger partial charge on any atom is -0.493 e. The quantitative estimate of drug-likeness (QED) is 0.110. The maximum atomic E-state index is 13.1. The summed E-state index contributed by atoms with van der Waals surface area (Å²) in [5.74, 6) is 2.63. The summed E-state index contributed by atoms with van der Waals surface area (Å²) in [6, 6.07) is 10.5. The van der Waals surface area contributed by atoms with Gasteiger partial charge >= 0.3 is 0 Å². The molecular formula is C36H41N7O7S. The minimum atomic E-state index is -0.462. The average Bonchev–Trinajstić information content (AvgIpc) is 3.87. The third-order valence-electron chi connectivity index (χ3n) is 8.78. The van der Waals surface area contributed by atoms with Crippen molar-refractivity contribution in [2.24, 2.45) is 12.0 Å². The molecule has 2 aromatic carbocycles. The molecule has 51 heavy (non-hydrogen) atoms. The molecule has 2 aromatic heterocycles. The Morgan fingerprint density at radius 2 is 1.92 bits per heavy atom. The highest BCUT2D eigenvalue weighted by Crippen LogP contribution is 2.35. The van der Waals surface area contributed by atoms with E-state index in [2.05, 4.69) is 20.6 Å². The van der Waals surface area contributed by atoms with Gasteiger partial charge in [0.15, 0.2) is 23.1 Å². The summed E-state index contributed by atoms with van der Waals surface area (Å²) in [5, 5.41) is 6.28. The molecule has 2 fully saturated rings. The molecule has 2 N–H and O–H groups in total. The van der Waals surface area contributed by atoms with Gasteiger partial charge in [-0.15, -0.1) is 0 Å². The van der Waals surface area contributed by atoms with Crippen LogP contribution in [0.1, 0.15) is 52.4 Å². The fraction of sp³-hybridized carbons (Fsp3) is 0.389. The van der Waals surface area contributed by atoms with Gasteiger partial charge in [0, 0.05) is 74.2 Å². The Balaban J connectivity index is 0.999. The van der Waals surface area contributed by atoms with Gasteiger partial charge in [-0.25, -0.2) is 4.98 Å². The van der Waals surface area contributed by atoms with Crippen molar-refractivity contribution in [1.29, 1.82) is 0 Å². The van der Waals surface area contributed by atoms with Crippen LogP contribution in [0.25, 0.3) is 11.0 Å². The normalized spacial score (nSPS) is 16.1. The van der Waals surface area contributed by atoms with E-state index in [1.54, 1.807) is 66.7 Å². The number of amides is 4. The van der Waals surface area contributed by atoms with E-state index in [1.165, 1.54) is 4.57 Å². The molecule has 2 aliphatic heterocycles. The minimum absolute atomic E-state index is 0.0228. The van der Waals surface area contributed by atoms with Crippen molar-refractivity contribution >= 4 is 70.3 Å². The van der Waals surface area contributed by atoms with Crippen molar-refractivity contribution in [3.63, 3.8) is 0 Å². The van der Waals surface area contributed by atoms with Crippen molar-refractivity contribution in [3.8, 4) is 11.5 Å². The molecule has 0 saturated carbocycles. The predicted octanol–water partition coefficient (Wildman–Crippen LogP) is 5.05. The molecule has 268 valence electrons. The topological polar surface area (TPSA) is 161 Å². The molecule has 4 amide bonds. The summed E-state index contributed by atoms with van der Waals surface area (Å²) >= 11 is 1.83. The van der Waals surface area contributed by atoms with Gasteiger partial charge in [-0.05, 0) is 62.1 Å². The summed E-state index contributed by atoms with van der Waals surface area (Å²) in [6.45, 7) is 4.29. The maximum Gasteiger partial charge on any atom is 0.291 e. The number of nitrogens with zero attached hydrogens (tertiary/aromatic N) is 5. The molecule has 2 saturated heterocycles. The van der Waals surface area contributed by atoms with Crippen LogP contribution in [-0.2, 0) is 16.6 Å². The Morgan fingerprint density at radius 1 is 1.10 bits per heavy atom. The Hall–Kier alpha value is -5.31.